The van der Waals surface area contributed by atoms with Crippen LogP contribution < -0.4 is 11.1 Å². The van der Waals surface area contributed by atoms with Crippen molar-refractivity contribution in [2.75, 3.05) is 19.6 Å². The van der Waals surface area contributed by atoms with Gasteiger partial charge in [-0.05, 0) is 30.0 Å². The second kappa shape index (κ2) is 8.48. The highest BCUT2D eigenvalue weighted by Crippen LogP contribution is 2.08. The van der Waals surface area contributed by atoms with Crippen LogP contribution in [0.1, 0.15) is 25.0 Å². The number of nitrogens with one attached hydrogen (secondary N) is 1. The summed E-state index contributed by atoms with van der Waals surface area (Å²) in [6.07, 6.45) is 0. The lowest BCUT2D eigenvalue weighted by molar-refractivity contribution is -0.124. The van der Waals surface area contributed by atoms with Crippen LogP contribution in [-0.4, -0.2) is 36.3 Å². The third-order valence-corrected chi connectivity index (χ3v) is 3.10. The Bertz CT molecular complexity index is 532. The predicted octanol–water partition coefficient (Wildman–Crippen LogP) is 1.19. The Hall–Kier alpha value is -1.95. The third kappa shape index (κ3) is 6.67. The number of halogens is 1. The van der Waals surface area contributed by atoms with E-state index >= 15 is 0 Å². The first-order valence-corrected chi connectivity index (χ1v) is 7.30. The van der Waals surface area contributed by atoms with Gasteiger partial charge in [0.15, 0.2) is 0 Å². The molecular formula is C16H24FN3O2. The molecule has 0 aliphatic carbocycles. The van der Waals surface area contributed by atoms with Crippen molar-refractivity contribution in [2.24, 2.45) is 11.7 Å². The van der Waals surface area contributed by atoms with E-state index in [1.54, 1.807) is 24.0 Å². The van der Waals surface area contributed by atoms with Crippen LogP contribution in [0.5, 0.6) is 0 Å². The molecule has 0 bridgehead atoms. The molecule has 0 radical (unpaired) electrons. The number of primary amides is 1. The molecule has 0 aromatic heterocycles. The van der Waals surface area contributed by atoms with Gasteiger partial charge in [-0.3, -0.25) is 14.5 Å². The fourth-order valence-corrected chi connectivity index (χ4v) is 2.13. The molecule has 5 nitrogen and oxygen atoms in total. The maximum absolute atomic E-state index is 13.4. The summed E-state index contributed by atoms with van der Waals surface area (Å²) in [6.45, 7) is 6.69. The Kier molecular flexibility index (Phi) is 6.98. The van der Waals surface area contributed by atoms with Crippen LogP contribution in [0, 0.1) is 18.7 Å². The zero-order valence-electron chi connectivity index (χ0n) is 13.4. The molecule has 0 heterocycles. The third-order valence-electron chi connectivity index (χ3n) is 3.10. The van der Waals surface area contributed by atoms with Gasteiger partial charge in [-0.2, -0.15) is 0 Å². The monoisotopic (exact) mass is 309 g/mol. The Morgan fingerprint density at radius 2 is 2.00 bits per heavy atom. The maximum atomic E-state index is 13.4. The number of nitrogens with zero attached hydrogens (tertiary/aromatic N) is 1. The van der Waals surface area contributed by atoms with E-state index in [0.29, 0.717) is 23.6 Å². The van der Waals surface area contributed by atoms with Crippen molar-refractivity contribution in [3.63, 3.8) is 0 Å². The summed E-state index contributed by atoms with van der Waals surface area (Å²) in [7, 11) is 0. The zero-order chi connectivity index (χ0) is 16.7. The van der Waals surface area contributed by atoms with Gasteiger partial charge in [0, 0.05) is 13.1 Å². The van der Waals surface area contributed by atoms with Gasteiger partial charge in [-0.25, -0.2) is 4.39 Å². The first-order valence-electron chi connectivity index (χ1n) is 7.30. The number of benzene rings is 1. The van der Waals surface area contributed by atoms with Crippen molar-refractivity contribution in [1.29, 1.82) is 0 Å². The highest BCUT2D eigenvalue weighted by molar-refractivity contribution is 5.80. The van der Waals surface area contributed by atoms with Crippen LogP contribution in [0.25, 0.3) is 0 Å². The Morgan fingerprint density at radius 3 is 2.55 bits per heavy atom. The van der Waals surface area contributed by atoms with E-state index in [9.17, 15) is 14.0 Å². The van der Waals surface area contributed by atoms with E-state index in [1.807, 2.05) is 13.8 Å². The van der Waals surface area contributed by atoms with E-state index < -0.39 is 5.91 Å². The number of nitrogens with two attached hydrogens (primary N) is 1. The molecule has 0 unspecified atom stereocenters. The van der Waals surface area contributed by atoms with Crippen LogP contribution in [-0.2, 0) is 16.1 Å². The van der Waals surface area contributed by atoms with Gasteiger partial charge in [0.2, 0.25) is 11.8 Å². The van der Waals surface area contributed by atoms with Gasteiger partial charge in [-0.15, -0.1) is 0 Å². The number of carbonyl (C=O) groups excluding carboxylic acids is 2. The lowest BCUT2D eigenvalue weighted by Gasteiger charge is -2.22. The molecule has 122 valence electrons. The molecule has 0 aliphatic rings. The highest BCUT2D eigenvalue weighted by atomic mass is 19.1. The SMILES string of the molecule is Cc1ccc(CNC(=O)CN(CC(N)=O)CC(C)C)cc1F. The fraction of sp³-hybridized carbons (Fsp3) is 0.500. The molecule has 0 fully saturated rings. The summed E-state index contributed by atoms with van der Waals surface area (Å²) >= 11 is 0. The van der Waals surface area contributed by atoms with E-state index in [-0.39, 0.29) is 31.4 Å². The minimum absolute atomic E-state index is 0.0464. The van der Waals surface area contributed by atoms with Crippen LogP contribution in [0.15, 0.2) is 18.2 Å². The van der Waals surface area contributed by atoms with Crippen LogP contribution in [0.4, 0.5) is 4.39 Å². The van der Waals surface area contributed by atoms with Crippen LogP contribution >= 0.6 is 0 Å². The van der Waals surface area contributed by atoms with E-state index in [1.165, 1.54) is 6.07 Å². The Balaban J connectivity index is 2.52. The normalized spacial score (nSPS) is 11.0. The van der Waals surface area contributed by atoms with Gasteiger partial charge in [0.05, 0.1) is 13.1 Å². The lowest BCUT2D eigenvalue weighted by Crippen LogP contribution is -2.42. The van der Waals surface area contributed by atoms with Crippen molar-refractivity contribution in [2.45, 2.75) is 27.3 Å². The summed E-state index contributed by atoms with van der Waals surface area (Å²) < 4.78 is 13.4. The van der Waals surface area contributed by atoms with Crippen molar-refractivity contribution < 1.29 is 14.0 Å². The molecule has 0 atom stereocenters. The summed E-state index contributed by atoms with van der Waals surface area (Å²) in [5.41, 5.74) is 6.45. The fourth-order valence-electron chi connectivity index (χ4n) is 2.13. The summed E-state index contributed by atoms with van der Waals surface area (Å²) in [5.74, 6) is -0.655. The van der Waals surface area contributed by atoms with Gasteiger partial charge in [0.25, 0.3) is 0 Å². The first kappa shape index (κ1) is 18.1. The smallest absolute Gasteiger partial charge is 0.234 e. The van der Waals surface area contributed by atoms with Crippen molar-refractivity contribution >= 4 is 11.8 Å². The lowest BCUT2D eigenvalue weighted by atomic mass is 10.1. The van der Waals surface area contributed by atoms with E-state index in [2.05, 4.69) is 5.32 Å². The van der Waals surface area contributed by atoms with Crippen molar-refractivity contribution in [3.8, 4) is 0 Å². The number of carbonyl (C=O) groups is 2. The molecule has 0 spiro atoms. The molecule has 6 heteroatoms. The average molecular weight is 309 g/mol. The number of hydrogen-bond donors (Lipinski definition) is 2. The van der Waals surface area contributed by atoms with E-state index in [0.717, 1.165) is 0 Å². The Labute approximate surface area is 130 Å². The summed E-state index contributed by atoms with van der Waals surface area (Å²) in [4.78, 5) is 24.7. The second-order valence-electron chi connectivity index (χ2n) is 5.89. The quantitative estimate of drug-likeness (QED) is 0.757. The second-order valence-corrected chi connectivity index (χ2v) is 5.89. The van der Waals surface area contributed by atoms with Gasteiger partial charge >= 0.3 is 0 Å². The molecule has 22 heavy (non-hydrogen) atoms. The summed E-state index contributed by atoms with van der Waals surface area (Å²) in [5, 5.41) is 2.72. The molecule has 1 aromatic carbocycles. The van der Waals surface area contributed by atoms with Crippen molar-refractivity contribution in [1.82, 2.24) is 10.2 Å². The van der Waals surface area contributed by atoms with Crippen LogP contribution in [0.2, 0.25) is 0 Å². The zero-order valence-corrected chi connectivity index (χ0v) is 13.4. The first-order chi connectivity index (χ1) is 10.3. The van der Waals surface area contributed by atoms with Crippen molar-refractivity contribution in [3.05, 3.63) is 35.1 Å². The maximum Gasteiger partial charge on any atom is 0.234 e. The average Bonchev–Trinajstić information content (AvgIpc) is 2.38. The molecular weight excluding hydrogens is 285 g/mol. The molecule has 1 rings (SSSR count). The Morgan fingerprint density at radius 1 is 1.32 bits per heavy atom. The van der Waals surface area contributed by atoms with Crippen LogP contribution in [0.3, 0.4) is 0 Å². The number of hydrogen-bond acceptors (Lipinski definition) is 3. The highest BCUT2D eigenvalue weighted by Gasteiger charge is 2.14. The van der Waals surface area contributed by atoms with Gasteiger partial charge in [0.1, 0.15) is 5.82 Å². The number of rotatable bonds is 8. The topological polar surface area (TPSA) is 75.4 Å². The minimum Gasteiger partial charge on any atom is -0.369 e. The minimum atomic E-state index is -0.464. The number of amides is 2. The molecule has 3 N–H and O–H groups in total. The largest absolute Gasteiger partial charge is 0.369 e. The van der Waals surface area contributed by atoms with Gasteiger partial charge < -0.3 is 11.1 Å². The van der Waals surface area contributed by atoms with Gasteiger partial charge in [-0.1, -0.05) is 26.0 Å². The predicted molar refractivity (Wildman–Crippen MR) is 83.5 cm³/mol. The summed E-state index contributed by atoms with van der Waals surface area (Å²) in [6, 6.07) is 4.86. The molecule has 0 aliphatic heterocycles. The van der Waals surface area contributed by atoms with E-state index in [4.69, 9.17) is 5.73 Å². The standard InChI is InChI=1S/C16H24FN3O2/c1-11(2)8-20(9-15(18)21)10-16(22)19-7-13-5-4-12(3)14(17)6-13/h4-6,11H,7-10H2,1-3H3,(H2,18,21)(H,19,22). The number of aryl methyl sites for hydroxylation is 1. The molecule has 2 amide bonds. The molecule has 0 saturated heterocycles. The molecule has 0 saturated carbocycles. The molecule has 1 aromatic rings.